The Hall–Kier alpha value is -1.35. The highest BCUT2D eigenvalue weighted by atomic mass is 16.1. The van der Waals surface area contributed by atoms with Gasteiger partial charge in [-0.1, -0.05) is 37.6 Å². The van der Waals surface area contributed by atoms with Crippen molar-refractivity contribution in [3.8, 4) is 0 Å². The average Bonchev–Trinajstić information content (AvgIpc) is 2.36. The Labute approximate surface area is 116 Å². The van der Waals surface area contributed by atoms with E-state index in [1.807, 2.05) is 0 Å². The van der Waals surface area contributed by atoms with E-state index in [-0.39, 0.29) is 11.9 Å². The van der Waals surface area contributed by atoms with Gasteiger partial charge >= 0.3 is 0 Å². The number of rotatable bonds is 8. The summed E-state index contributed by atoms with van der Waals surface area (Å²) in [5.74, 6) is 0.0886. The summed E-state index contributed by atoms with van der Waals surface area (Å²) in [5.41, 5.74) is 2.65. The van der Waals surface area contributed by atoms with E-state index in [1.165, 1.54) is 11.1 Å². The van der Waals surface area contributed by atoms with Crippen LogP contribution in [0, 0.1) is 6.92 Å². The summed E-state index contributed by atoms with van der Waals surface area (Å²) in [6, 6.07) is 8.64. The van der Waals surface area contributed by atoms with Crippen LogP contribution < -0.4 is 10.6 Å². The van der Waals surface area contributed by atoms with Crippen molar-refractivity contribution in [1.29, 1.82) is 0 Å². The zero-order valence-corrected chi connectivity index (χ0v) is 12.3. The molecule has 3 nitrogen and oxygen atoms in total. The van der Waals surface area contributed by atoms with Crippen molar-refractivity contribution >= 4 is 5.91 Å². The summed E-state index contributed by atoms with van der Waals surface area (Å²) in [4.78, 5) is 11.6. The molecule has 1 aromatic carbocycles. The number of carbonyl (C=O) groups excluding carboxylic acids is 1. The zero-order valence-electron chi connectivity index (χ0n) is 12.3. The van der Waals surface area contributed by atoms with Crippen LogP contribution in [0.25, 0.3) is 0 Å². The van der Waals surface area contributed by atoms with Crippen molar-refractivity contribution in [2.45, 2.75) is 46.1 Å². The molecule has 0 heterocycles. The Morgan fingerprint density at radius 2 is 2.05 bits per heavy atom. The van der Waals surface area contributed by atoms with E-state index >= 15 is 0 Å². The van der Waals surface area contributed by atoms with Gasteiger partial charge in [0.2, 0.25) is 5.91 Å². The van der Waals surface area contributed by atoms with Gasteiger partial charge in [-0.2, -0.15) is 0 Å². The molecule has 3 heteroatoms. The second-order valence-electron chi connectivity index (χ2n) is 5.11. The third-order valence-electron chi connectivity index (χ3n) is 3.25. The number of aryl methyl sites for hydroxylation is 1. The SMILES string of the molecule is CCCC(C)NC(=O)CNCCc1ccccc1C. The predicted molar refractivity (Wildman–Crippen MR) is 80.3 cm³/mol. The van der Waals surface area contributed by atoms with Gasteiger partial charge < -0.3 is 10.6 Å². The van der Waals surface area contributed by atoms with Crippen molar-refractivity contribution in [3.05, 3.63) is 35.4 Å². The summed E-state index contributed by atoms with van der Waals surface area (Å²) in [7, 11) is 0. The second-order valence-corrected chi connectivity index (χ2v) is 5.11. The molecule has 0 saturated heterocycles. The lowest BCUT2D eigenvalue weighted by Gasteiger charge is -2.13. The molecule has 1 unspecified atom stereocenters. The number of hydrogen-bond acceptors (Lipinski definition) is 2. The molecule has 0 bridgehead atoms. The minimum absolute atomic E-state index is 0.0886. The van der Waals surface area contributed by atoms with Crippen molar-refractivity contribution < 1.29 is 4.79 Å². The van der Waals surface area contributed by atoms with Crippen LogP contribution in [0.1, 0.15) is 37.8 Å². The molecule has 0 spiro atoms. The number of amides is 1. The Morgan fingerprint density at radius 3 is 2.74 bits per heavy atom. The maximum atomic E-state index is 11.6. The lowest BCUT2D eigenvalue weighted by molar-refractivity contribution is -0.120. The van der Waals surface area contributed by atoms with Gasteiger partial charge in [-0.3, -0.25) is 4.79 Å². The number of benzene rings is 1. The molecule has 1 rings (SSSR count). The normalized spacial score (nSPS) is 12.2. The standard InChI is InChI=1S/C16H26N2O/c1-4-7-14(3)18-16(19)12-17-11-10-15-9-6-5-8-13(15)2/h5-6,8-9,14,17H,4,7,10-12H2,1-3H3,(H,18,19). The van der Waals surface area contributed by atoms with Gasteiger partial charge in [0.05, 0.1) is 6.54 Å². The van der Waals surface area contributed by atoms with E-state index in [0.29, 0.717) is 6.54 Å². The maximum absolute atomic E-state index is 11.6. The molecule has 106 valence electrons. The molecule has 0 aromatic heterocycles. The molecule has 1 amide bonds. The van der Waals surface area contributed by atoms with Crippen LogP contribution in [0.2, 0.25) is 0 Å². The first kappa shape index (κ1) is 15.7. The van der Waals surface area contributed by atoms with E-state index in [4.69, 9.17) is 0 Å². The van der Waals surface area contributed by atoms with E-state index in [2.05, 4.69) is 55.7 Å². The smallest absolute Gasteiger partial charge is 0.234 e. The van der Waals surface area contributed by atoms with Gasteiger partial charge in [0.25, 0.3) is 0 Å². The van der Waals surface area contributed by atoms with Crippen molar-refractivity contribution in [2.75, 3.05) is 13.1 Å². The first-order chi connectivity index (χ1) is 9.13. The van der Waals surface area contributed by atoms with Crippen LogP contribution in [-0.4, -0.2) is 25.0 Å². The molecule has 1 atom stereocenters. The van der Waals surface area contributed by atoms with Crippen molar-refractivity contribution in [3.63, 3.8) is 0 Å². The third kappa shape index (κ3) is 6.39. The average molecular weight is 262 g/mol. The van der Waals surface area contributed by atoms with Gasteiger partial charge in [0, 0.05) is 6.04 Å². The molecule has 1 aromatic rings. The molecule has 19 heavy (non-hydrogen) atoms. The molecular weight excluding hydrogens is 236 g/mol. The third-order valence-corrected chi connectivity index (χ3v) is 3.25. The lowest BCUT2D eigenvalue weighted by Crippen LogP contribution is -2.39. The monoisotopic (exact) mass is 262 g/mol. The highest BCUT2D eigenvalue weighted by molar-refractivity contribution is 5.78. The van der Waals surface area contributed by atoms with E-state index < -0.39 is 0 Å². The van der Waals surface area contributed by atoms with Gasteiger partial charge in [-0.05, 0) is 44.4 Å². The van der Waals surface area contributed by atoms with Crippen LogP contribution in [0.3, 0.4) is 0 Å². The van der Waals surface area contributed by atoms with Gasteiger partial charge in [0.15, 0.2) is 0 Å². The molecule has 0 aliphatic heterocycles. The lowest BCUT2D eigenvalue weighted by atomic mass is 10.1. The molecule has 0 aliphatic rings. The molecular formula is C16H26N2O. The quantitative estimate of drug-likeness (QED) is 0.707. The molecule has 0 aliphatic carbocycles. The molecule has 2 N–H and O–H groups in total. The van der Waals surface area contributed by atoms with Crippen molar-refractivity contribution in [1.82, 2.24) is 10.6 Å². The fourth-order valence-electron chi connectivity index (χ4n) is 2.15. The summed E-state index contributed by atoms with van der Waals surface area (Å²) in [6.45, 7) is 7.53. The molecule has 0 fully saturated rings. The Bertz CT molecular complexity index is 390. The largest absolute Gasteiger partial charge is 0.353 e. The van der Waals surface area contributed by atoms with Crippen LogP contribution in [0.15, 0.2) is 24.3 Å². The predicted octanol–water partition coefficient (Wildman–Crippen LogP) is 2.43. The van der Waals surface area contributed by atoms with Crippen molar-refractivity contribution in [2.24, 2.45) is 0 Å². The summed E-state index contributed by atoms with van der Waals surface area (Å²) < 4.78 is 0. The van der Waals surface area contributed by atoms with E-state index in [0.717, 1.165) is 25.8 Å². The number of hydrogen-bond donors (Lipinski definition) is 2. The highest BCUT2D eigenvalue weighted by Gasteiger charge is 2.05. The maximum Gasteiger partial charge on any atom is 0.234 e. The van der Waals surface area contributed by atoms with Crippen LogP contribution in [0.5, 0.6) is 0 Å². The summed E-state index contributed by atoms with van der Waals surface area (Å²) >= 11 is 0. The minimum Gasteiger partial charge on any atom is -0.353 e. The summed E-state index contributed by atoms with van der Waals surface area (Å²) in [6.07, 6.45) is 3.10. The number of nitrogens with one attached hydrogen (secondary N) is 2. The van der Waals surface area contributed by atoms with Crippen LogP contribution in [0.4, 0.5) is 0 Å². The number of carbonyl (C=O) groups is 1. The van der Waals surface area contributed by atoms with Crippen LogP contribution >= 0.6 is 0 Å². The Kier molecular flexibility index (Phi) is 7.19. The Balaban J connectivity index is 2.17. The Morgan fingerprint density at radius 1 is 1.32 bits per heavy atom. The fraction of sp³-hybridized carbons (Fsp3) is 0.562. The highest BCUT2D eigenvalue weighted by Crippen LogP contribution is 2.06. The fourth-order valence-corrected chi connectivity index (χ4v) is 2.15. The van der Waals surface area contributed by atoms with E-state index in [9.17, 15) is 4.79 Å². The van der Waals surface area contributed by atoms with Crippen LogP contribution in [-0.2, 0) is 11.2 Å². The topological polar surface area (TPSA) is 41.1 Å². The zero-order chi connectivity index (χ0) is 14.1. The minimum atomic E-state index is 0.0886. The van der Waals surface area contributed by atoms with Gasteiger partial charge in [0.1, 0.15) is 0 Å². The second kappa shape index (κ2) is 8.70. The summed E-state index contributed by atoms with van der Waals surface area (Å²) in [5, 5.41) is 6.19. The molecule has 0 saturated carbocycles. The molecule has 0 radical (unpaired) electrons. The van der Waals surface area contributed by atoms with E-state index in [1.54, 1.807) is 0 Å². The first-order valence-corrected chi connectivity index (χ1v) is 7.18. The first-order valence-electron chi connectivity index (χ1n) is 7.18. The van der Waals surface area contributed by atoms with Gasteiger partial charge in [-0.25, -0.2) is 0 Å². The van der Waals surface area contributed by atoms with Gasteiger partial charge in [-0.15, -0.1) is 0 Å².